The molecule has 0 radical (unpaired) electrons. The van der Waals surface area contributed by atoms with Gasteiger partial charge in [-0.1, -0.05) is 13.0 Å². The summed E-state index contributed by atoms with van der Waals surface area (Å²) in [5, 5.41) is 7.72. The van der Waals surface area contributed by atoms with E-state index in [1.807, 2.05) is 19.1 Å². The molecule has 0 aliphatic heterocycles. The van der Waals surface area contributed by atoms with E-state index < -0.39 is 0 Å². The smallest absolute Gasteiger partial charge is 0.139 e. The molecule has 3 N–H and O–H groups in total. The molecule has 0 aliphatic rings. The first kappa shape index (κ1) is 14.4. The van der Waals surface area contributed by atoms with Gasteiger partial charge >= 0.3 is 0 Å². The second-order valence-electron chi connectivity index (χ2n) is 4.03. The fourth-order valence-electron chi connectivity index (χ4n) is 1.77. The number of halogens is 1. The van der Waals surface area contributed by atoms with E-state index in [1.54, 1.807) is 30.0 Å². The Kier molecular flexibility index (Phi) is 4.63. The molecule has 20 heavy (non-hydrogen) atoms. The van der Waals surface area contributed by atoms with Crippen molar-refractivity contribution in [3.05, 3.63) is 53.8 Å². The SMILES string of the molecule is CCSc1cccc(Oc2ccc(F)cc2)c1C(=N)N. The minimum absolute atomic E-state index is 0.0429. The number of thioether (sulfide) groups is 1. The van der Waals surface area contributed by atoms with E-state index >= 15 is 0 Å². The average Bonchev–Trinajstić information content (AvgIpc) is 2.41. The Morgan fingerprint density at radius 1 is 1.25 bits per heavy atom. The van der Waals surface area contributed by atoms with Crippen LogP contribution in [-0.2, 0) is 0 Å². The zero-order valence-corrected chi connectivity index (χ0v) is 11.8. The summed E-state index contributed by atoms with van der Waals surface area (Å²) in [5.41, 5.74) is 6.23. The Balaban J connectivity index is 2.37. The van der Waals surface area contributed by atoms with Crippen LogP contribution in [-0.4, -0.2) is 11.6 Å². The van der Waals surface area contributed by atoms with Gasteiger partial charge in [0.2, 0.25) is 0 Å². The van der Waals surface area contributed by atoms with E-state index in [0.29, 0.717) is 17.1 Å². The molecule has 0 aliphatic carbocycles. The molecule has 5 heteroatoms. The molecule has 0 heterocycles. The zero-order valence-electron chi connectivity index (χ0n) is 11.0. The number of hydrogen-bond acceptors (Lipinski definition) is 3. The summed E-state index contributed by atoms with van der Waals surface area (Å²) in [6, 6.07) is 11.2. The van der Waals surface area contributed by atoms with Crippen LogP contribution in [0.3, 0.4) is 0 Å². The van der Waals surface area contributed by atoms with Crippen LogP contribution in [0.2, 0.25) is 0 Å². The van der Waals surface area contributed by atoms with E-state index in [4.69, 9.17) is 15.9 Å². The van der Waals surface area contributed by atoms with Crippen LogP contribution in [0.5, 0.6) is 11.5 Å². The molecule has 0 aromatic heterocycles. The van der Waals surface area contributed by atoms with E-state index in [9.17, 15) is 4.39 Å². The van der Waals surface area contributed by atoms with E-state index in [1.165, 1.54) is 12.1 Å². The van der Waals surface area contributed by atoms with Crippen LogP contribution in [0.1, 0.15) is 12.5 Å². The lowest BCUT2D eigenvalue weighted by atomic mass is 10.2. The number of ether oxygens (including phenoxy) is 1. The van der Waals surface area contributed by atoms with Crippen LogP contribution in [0.15, 0.2) is 47.4 Å². The summed E-state index contributed by atoms with van der Waals surface area (Å²) < 4.78 is 18.6. The molecule has 104 valence electrons. The molecular weight excluding hydrogens is 275 g/mol. The molecule has 2 rings (SSSR count). The molecule has 0 saturated heterocycles. The maximum Gasteiger partial charge on any atom is 0.139 e. The number of nitrogens with one attached hydrogen (secondary N) is 1. The maximum absolute atomic E-state index is 12.9. The van der Waals surface area contributed by atoms with Crippen molar-refractivity contribution in [2.24, 2.45) is 5.73 Å². The standard InChI is InChI=1S/C15H15FN2OS/c1-2-20-13-5-3-4-12(14(13)15(17)18)19-11-8-6-10(16)7-9-11/h3-9H,2H2,1H3,(H3,17,18). The third-order valence-corrected chi connectivity index (χ3v) is 3.54. The van der Waals surface area contributed by atoms with Crippen LogP contribution in [0.4, 0.5) is 4.39 Å². The van der Waals surface area contributed by atoms with Crippen molar-refractivity contribution in [1.82, 2.24) is 0 Å². The van der Waals surface area contributed by atoms with Gasteiger partial charge in [-0.25, -0.2) is 4.39 Å². The number of nitrogen functional groups attached to an aromatic ring is 1. The Morgan fingerprint density at radius 2 is 1.95 bits per heavy atom. The van der Waals surface area contributed by atoms with Crippen LogP contribution in [0, 0.1) is 11.2 Å². The highest BCUT2D eigenvalue weighted by Crippen LogP contribution is 2.32. The fourth-order valence-corrected chi connectivity index (χ4v) is 2.61. The minimum atomic E-state index is -0.320. The maximum atomic E-state index is 12.9. The highest BCUT2D eigenvalue weighted by molar-refractivity contribution is 7.99. The van der Waals surface area contributed by atoms with E-state index in [0.717, 1.165) is 10.6 Å². The number of amidine groups is 1. The molecule has 0 amide bonds. The largest absolute Gasteiger partial charge is 0.457 e. The molecule has 0 bridgehead atoms. The monoisotopic (exact) mass is 290 g/mol. The molecule has 3 nitrogen and oxygen atoms in total. The first-order chi connectivity index (χ1) is 9.61. The lowest BCUT2D eigenvalue weighted by Crippen LogP contribution is -2.13. The van der Waals surface area contributed by atoms with Gasteiger partial charge in [-0.3, -0.25) is 5.41 Å². The van der Waals surface area contributed by atoms with Crippen molar-refractivity contribution in [1.29, 1.82) is 5.41 Å². The van der Waals surface area contributed by atoms with Gasteiger partial charge < -0.3 is 10.5 Å². The second-order valence-corrected chi connectivity index (χ2v) is 5.34. The van der Waals surface area contributed by atoms with Gasteiger partial charge in [-0.05, 0) is 42.2 Å². The quantitative estimate of drug-likeness (QED) is 0.497. The van der Waals surface area contributed by atoms with Gasteiger partial charge in [-0.2, -0.15) is 0 Å². The van der Waals surface area contributed by atoms with Crippen molar-refractivity contribution >= 4 is 17.6 Å². The molecule has 0 atom stereocenters. The summed E-state index contributed by atoms with van der Waals surface area (Å²) in [5.74, 6) is 1.52. The number of nitrogens with two attached hydrogens (primary N) is 1. The summed E-state index contributed by atoms with van der Waals surface area (Å²) >= 11 is 1.60. The molecule has 0 fully saturated rings. The summed E-state index contributed by atoms with van der Waals surface area (Å²) in [6.07, 6.45) is 0. The van der Waals surface area contributed by atoms with E-state index in [-0.39, 0.29) is 11.7 Å². The molecular formula is C15H15FN2OS. The van der Waals surface area contributed by atoms with Gasteiger partial charge in [0, 0.05) is 4.90 Å². The van der Waals surface area contributed by atoms with Gasteiger partial charge in [0.15, 0.2) is 0 Å². The number of hydrogen-bond donors (Lipinski definition) is 2. The van der Waals surface area contributed by atoms with Crippen molar-refractivity contribution in [3.63, 3.8) is 0 Å². The summed E-state index contributed by atoms with van der Waals surface area (Å²) in [6.45, 7) is 2.03. The number of benzene rings is 2. The normalized spacial score (nSPS) is 10.3. The summed E-state index contributed by atoms with van der Waals surface area (Å²) in [7, 11) is 0. The highest BCUT2D eigenvalue weighted by Gasteiger charge is 2.13. The average molecular weight is 290 g/mol. The third-order valence-electron chi connectivity index (χ3n) is 2.60. The topological polar surface area (TPSA) is 59.1 Å². The number of rotatable bonds is 5. The predicted octanol–water partition coefficient (Wildman–Crippen LogP) is 4.01. The first-order valence-electron chi connectivity index (χ1n) is 6.15. The molecule has 0 saturated carbocycles. The van der Waals surface area contributed by atoms with Gasteiger partial charge in [0.1, 0.15) is 23.2 Å². The van der Waals surface area contributed by atoms with Crippen LogP contribution in [0.25, 0.3) is 0 Å². The Morgan fingerprint density at radius 3 is 2.55 bits per heavy atom. The zero-order chi connectivity index (χ0) is 14.5. The third kappa shape index (κ3) is 3.30. The van der Waals surface area contributed by atoms with Crippen molar-refractivity contribution in [2.75, 3.05) is 5.75 Å². The van der Waals surface area contributed by atoms with Crippen molar-refractivity contribution in [2.45, 2.75) is 11.8 Å². The van der Waals surface area contributed by atoms with Gasteiger partial charge in [0.25, 0.3) is 0 Å². The van der Waals surface area contributed by atoms with Crippen molar-refractivity contribution < 1.29 is 9.13 Å². The van der Waals surface area contributed by atoms with Crippen molar-refractivity contribution in [3.8, 4) is 11.5 Å². The Bertz CT molecular complexity index is 614. The second kappa shape index (κ2) is 6.43. The van der Waals surface area contributed by atoms with Crippen LogP contribution >= 0.6 is 11.8 Å². The molecule has 0 unspecified atom stereocenters. The van der Waals surface area contributed by atoms with Gasteiger partial charge in [-0.15, -0.1) is 11.8 Å². The molecule has 0 spiro atoms. The highest BCUT2D eigenvalue weighted by atomic mass is 32.2. The van der Waals surface area contributed by atoms with Crippen LogP contribution < -0.4 is 10.5 Å². The Hall–Kier alpha value is -2.01. The predicted molar refractivity (Wildman–Crippen MR) is 80.3 cm³/mol. The Labute approximate surface area is 121 Å². The minimum Gasteiger partial charge on any atom is -0.457 e. The lowest BCUT2D eigenvalue weighted by Gasteiger charge is -2.13. The fraction of sp³-hybridized carbons (Fsp3) is 0.133. The molecule has 2 aromatic carbocycles. The summed E-state index contributed by atoms with van der Waals surface area (Å²) in [4.78, 5) is 0.902. The van der Waals surface area contributed by atoms with E-state index in [2.05, 4.69) is 0 Å². The molecule has 2 aromatic rings. The van der Waals surface area contributed by atoms with Gasteiger partial charge in [0.05, 0.1) is 5.56 Å². The lowest BCUT2D eigenvalue weighted by molar-refractivity contribution is 0.478. The first-order valence-corrected chi connectivity index (χ1v) is 7.14.